The lowest BCUT2D eigenvalue weighted by molar-refractivity contribution is 0.0740. The fourth-order valence-corrected chi connectivity index (χ4v) is 7.28. The van der Waals surface area contributed by atoms with E-state index in [1.807, 2.05) is 4.90 Å². The van der Waals surface area contributed by atoms with Gasteiger partial charge >= 0.3 is 0 Å². The maximum absolute atomic E-state index is 13.4. The molecule has 0 N–H and O–H groups in total. The summed E-state index contributed by atoms with van der Waals surface area (Å²) in [5, 5.41) is 1.31. The molecule has 3 heterocycles. The number of ether oxygens (including phenoxy) is 1. The van der Waals surface area contributed by atoms with Crippen LogP contribution in [0.3, 0.4) is 0 Å². The summed E-state index contributed by atoms with van der Waals surface area (Å²) in [4.78, 5) is 22.6. The first-order valence-corrected chi connectivity index (χ1v) is 21.6. The second kappa shape index (κ2) is 11.7. The van der Waals surface area contributed by atoms with E-state index in [0.717, 1.165) is 54.4 Å². The van der Waals surface area contributed by atoms with Crippen LogP contribution in [0, 0.1) is 5.92 Å². The van der Waals surface area contributed by atoms with E-state index in [9.17, 15) is 4.79 Å². The maximum Gasteiger partial charge on any atom is 0.258 e. The van der Waals surface area contributed by atoms with E-state index in [0.29, 0.717) is 31.9 Å². The molecule has 9 heteroatoms. The fourth-order valence-electron chi connectivity index (χ4n) is 5.43. The molecule has 0 spiro atoms. The number of hydrogen-bond acceptors (Lipinski definition) is 5. The van der Waals surface area contributed by atoms with Crippen LogP contribution in [0.5, 0.6) is 0 Å². The van der Waals surface area contributed by atoms with E-state index in [2.05, 4.69) is 82.2 Å². The van der Waals surface area contributed by atoms with Crippen molar-refractivity contribution in [1.82, 2.24) is 14.5 Å². The minimum atomic E-state index is -1.73. The normalized spacial score (nSPS) is 21.1. The summed E-state index contributed by atoms with van der Waals surface area (Å²) >= 11 is 0. The standard InChI is InChI=1S/C30H52N4O3Si2/c1-10-32-21-34(24-13-11-23(12-14-24)20-37-39(8,9)30(2,3)4)27-25-15-16-33(22-36-17-18-38(5,6)7)28(25)31-19-26(27)29(32)35/h15-16,19,23-24H,10-14,17-18,20-22H2,1-9H3. The Morgan fingerprint density at radius 1 is 1.08 bits per heavy atom. The van der Waals surface area contributed by atoms with Crippen molar-refractivity contribution in [1.29, 1.82) is 0 Å². The van der Waals surface area contributed by atoms with Crippen LogP contribution in [-0.2, 0) is 15.9 Å². The predicted octanol–water partition coefficient (Wildman–Crippen LogP) is 7.17. The number of pyridine rings is 1. The highest BCUT2D eigenvalue weighted by Gasteiger charge is 2.39. The third-order valence-corrected chi connectivity index (χ3v) is 15.4. The van der Waals surface area contributed by atoms with Crippen LogP contribution in [-0.4, -0.2) is 69.2 Å². The predicted molar refractivity (Wildman–Crippen MR) is 167 cm³/mol. The highest BCUT2D eigenvalue weighted by atomic mass is 28.4. The van der Waals surface area contributed by atoms with E-state index in [-0.39, 0.29) is 10.9 Å². The third kappa shape index (κ3) is 6.80. The zero-order valence-electron chi connectivity index (χ0n) is 26.0. The lowest BCUT2D eigenvalue weighted by Crippen LogP contribution is -2.52. The van der Waals surface area contributed by atoms with Gasteiger partial charge in [0.05, 0.1) is 17.9 Å². The quantitative estimate of drug-likeness (QED) is 0.223. The third-order valence-electron chi connectivity index (χ3n) is 9.24. The van der Waals surface area contributed by atoms with Gasteiger partial charge in [0, 0.05) is 51.7 Å². The molecule has 1 fully saturated rings. The average molecular weight is 573 g/mol. The molecule has 0 unspecified atom stereocenters. The Labute approximate surface area is 238 Å². The number of hydrogen-bond donors (Lipinski definition) is 0. The molecule has 0 saturated heterocycles. The lowest BCUT2D eigenvalue weighted by Gasteiger charge is -2.45. The van der Waals surface area contributed by atoms with Gasteiger partial charge in [0.1, 0.15) is 12.4 Å². The van der Waals surface area contributed by atoms with E-state index >= 15 is 0 Å². The Morgan fingerprint density at radius 2 is 1.77 bits per heavy atom. The van der Waals surface area contributed by atoms with Crippen LogP contribution in [0.25, 0.3) is 11.0 Å². The van der Waals surface area contributed by atoms with Gasteiger partial charge in [0.25, 0.3) is 5.91 Å². The number of nitrogens with zero attached hydrogens (tertiary/aromatic N) is 4. The van der Waals surface area contributed by atoms with Gasteiger partial charge in [-0.05, 0) is 68.8 Å². The molecule has 0 aromatic carbocycles. The van der Waals surface area contributed by atoms with Crippen LogP contribution in [0.1, 0.15) is 63.7 Å². The number of carbonyl (C=O) groups excluding carboxylic acids is 1. The second-order valence-electron chi connectivity index (χ2n) is 14.4. The lowest BCUT2D eigenvalue weighted by atomic mass is 9.85. The first-order valence-electron chi connectivity index (χ1n) is 15.0. The second-order valence-corrected chi connectivity index (χ2v) is 24.8. The number of anilines is 1. The number of rotatable bonds is 10. The van der Waals surface area contributed by atoms with Gasteiger partial charge in [-0.15, -0.1) is 0 Å². The highest BCUT2D eigenvalue weighted by molar-refractivity contribution is 6.76. The van der Waals surface area contributed by atoms with Crippen molar-refractivity contribution in [2.45, 2.75) is 110 Å². The van der Waals surface area contributed by atoms with Crippen LogP contribution in [0.2, 0.25) is 43.8 Å². The molecule has 1 aliphatic heterocycles. The van der Waals surface area contributed by atoms with E-state index in [4.69, 9.17) is 14.1 Å². The monoisotopic (exact) mass is 572 g/mol. The Kier molecular flexibility index (Phi) is 9.05. The van der Waals surface area contributed by atoms with Crippen LogP contribution < -0.4 is 4.90 Å². The smallest absolute Gasteiger partial charge is 0.258 e. The number of amides is 1. The Bertz CT molecular complexity index is 1140. The van der Waals surface area contributed by atoms with Gasteiger partial charge in [-0.3, -0.25) is 4.79 Å². The van der Waals surface area contributed by atoms with Crippen molar-refractivity contribution >= 4 is 39.0 Å². The number of fused-ring (bicyclic) bond motifs is 3. The molecule has 1 saturated carbocycles. The van der Waals surface area contributed by atoms with E-state index in [1.165, 1.54) is 12.8 Å². The summed E-state index contributed by atoms with van der Waals surface area (Å²) in [6.07, 6.45) is 8.46. The molecule has 4 rings (SSSR count). The summed E-state index contributed by atoms with van der Waals surface area (Å²) in [5.74, 6) is 0.712. The van der Waals surface area contributed by atoms with Crippen LogP contribution in [0.15, 0.2) is 18.5 Å². The SMILES string of the molecule is CCN1CN(C2CCC(CO[Si](C)(C)C(C)(C)C)CC2)c2c(cnc3c2ccn3COCC[Si](C)(C)C)C1=O. The zero-order chi connectivity index (χ0) is 28.6. The molecule has 0 radical (unpaired) electrons. The van der Waals surface area contributed by atoms with Crippen molar-refractivity contribution in [2.75, 3.05) is 31.3 Å². The number of carbonyl (C=O) groups is 1. The molecule has 1 aliphatic carbocycles. The maximum atomic E-state index is 13.4. The molecule has 218 valence electrons. The molecule has 1 amide bonds. The van der Waals surface area contributed by atoms with Crippen molar-refractivity contribution in [3.63, 3.8) is 0 Å². The summed E-state index contributed by atoms with van der Waals surface area (Å²) in [6.45, 7) is 24.3. The topological polar surface area (TPSA) is 59.8 Å². The first kappa shape index (κ1) is 30.3. The average Bonchev–Trinajstić information content (AvgIpc) is 3.28. The molecule has 7 nitrogen and oxygen atoms in total. The molecule has 2 aromatic rings. The molecule has 2 aliphatic rings. The van der Waals surface area contributed by atoms with Gasteiger partial charge in [0.15, 0.2) is 8.32 Å². The molecule has 39 heavy (non-hydrogen) atoms. The summed E-state index contributed by atoms with van der Waals surface area (Å²) < 4.78 is 14.7. The summed E-state index contributed by atoms with van der Waals surface area (Å²) in [7, 11) is -2.86. The molecular weight excluding hydrogens is 521 g/mol. The largest absolute Gasteiger partial charge is 0.417 e. The van der Waals surface area contributed by atoms with Crippen molar-refractivity contribution in [3.05, 3.63) is 24.0 Å². The van der Waals surface area contributed by atoms with Gasteiger partial charge in [-0.25, -0.2) is 4.98 Å². The van der Waals surface area contributed by atoms with Gasteiger partial charge < -0.3 is 23.5 Å². The van der Waals surface area contributed by atoms with Crippen molar-refractivity contribution in [3.8, 4) is 0 Å². The van der Waals surface area contributed by atoms with Gasteiger partial charge in [-0.1, -0.05) is 40.4 Å². The first-order chi connectivity index (χ1) is 18.2. The van der Waals surface area contributed by atoms with Crippen LogP contribution >= 0.6 is 0 Å². The van der Waals surface area contributed by atoms with Gasteiger partial charge in [-0.2, -0.15) is 0 Å². The van der Waals surface area contributed by atoms with E-state index in [1.54, 1.807) is 6.20 Å². The highest BCUT2D eigenvalue weighted by Crippen LogP contribution is 2.41. The summed E-state index contributed by atoms with van der Waals surface area (Å²) in [6, 6.07) is 3.69. The molecular formula is C30H52N4O3Si2. The Morgan fingerprint density at radius 3 is 2.38 bits per heavy atom. The molecule has 0 bridgehead atoms. The fraction of sp³-hybridized carbons (Fsp3) is 0.733. The molecule has 2 aromatic heterocycles. The Hall–Kier alpha value is -1.69. The van der Waals surface area contributed by atoms with Crippen molar-refractivity contribution in [2.24, 2.45) is 5.92 Å². The van der Waals surface area contributed by atoms with Crippen molar-refractivity contribution < 1.29 is 14.0 Å². The Balaban J connectivity index is 1.51. The summed E-state index contributed by atoms with van der Waals surface area (Å²) in [5.41, 5.74) is 2.70. The van der Waals surface area contributed by atoms with Gasteiger partial charge in [0.2, 0.25) is 0 Å². The van der Waals surface area contributed by atoms with E-state index < -0.39 is 16.4 Å². The number of aromatic nitrogens is 2. The molecule has 0 atom stereocenters. The minimum Gasteiger partial charge on any atom is -0.417 e. The zero-order valence-corrected chi connectivity index (χ0v) is 28.0. The van der Waals surface area contributed by atoms with Crippen LogP contribution in [0.4, 0.5) is 5.69 Å². The minimum absolute atomic E-state index is 0.0914.